The highest BCUT2D eigenvalue weighted by atomic mass is 79.9. The van der Waals surface area contributed by atoms with Gasteiger partial charge in [-0.1, -0.05) is 11.6 Å². The predicted molar refractivity (Wildman–Crippen MR) is 62.9 cm³/mol. The molecule has 0 bridgehead atoms. The second kappa shape index (κ2) is 3.24. The molecule has 0 heterocycles. The van der Waals surface area contributed by atoms with Crippen LogP contribution in [0.25, 0.3) is 0 Å². The zero-order valence-electron chi connectivity index (χ0n) is 7.89. The molecular formula is C12H12BrCl. The van der Waals surface area contributed by atoms with Crippen molar-refractivity contribution >= 4 is 27.5 Å². The standard InChI is InChI=1S/C12H12BrCl/c13-11-6-10-8(5-12(11)14)3-4-9(10)7-1-2-7/h5-7,9H,1-4H2. The fourth-order valence-corrected chi connectivity index (χ4v) is 3.17. The molecule has 3 rings (SSSR count). The SMILES string of the molecule is Clc1cc2c(cc1Br)C(C1CC1)CC2. The van der Waals surface area contributed by atoms with Gasteiger partial charge in [-0.25, -0.2) is 0 Å². The smallest absolute Gasteiger partial charge is 0.0551 e. The van der Waals surface area contributed by atoms with Crippen LogP contribution in [0.5, 0.6) is 0 Å². The molecule has 2 aliphatic rings. The Morgan fingerprint density at radius 1 is 1.21 bits per heavy atom. The van der Waals surface area contributed by atoms with E-state index in [1.807, 2.05) is 0 Å². The second-order valence-corrected chi connectivity index (χ2v) is 5.71. The first-order valence-corrected chi connectivity index (χ1v) is 6.40. The average Bonchev–Trinajstić information content (AvgIpc) is 2.91. The van der Waals surface area contributed by atoms with Gasteiger partial charge in [-0.2, -0.15) is 0 Å². The van der Waals surface area contributed by atoms with E-state index in [0.717, 1.165) is 21.3 Å². The van der Waals surface area contributed by atoms with Crippen LogP contribution in [0.1, 0.15) is 36.3 Å². The van der Waals surface area contributed by atoms with E-state index in [4.69, 9.17) is 11.6 Å². The fourth-order valence-electron chi connectivity index (χ4n) is 2.62. The summed E-state index contributed by atoms with van der Waals surface area (Å²) in [5.41, 5.74) is 3.04. The average molecular weight is 272 g/mol. The third-order valence-electron chi connectivity index (χ3n) is 3.50. The van der Waals surface area contributed by atoms with Crippen molar-refractivity contribution < 1.29 is 0 Å². The molecule has 1 aromatic rings. The number of aryl methyl sites for hydroxylation is 1. The molecule has 2 aliphatic carbocycles. The summed E-state index contributed by atoms with van der Waals surface area (Å²) in [7, 11) is 0. The summed E-state index contributed by atoms with van der Waals surface area (Å²) in [6.07, 6.45) is 5.44. The Labute approximate surface area is 97.8 Å². The molecule has 74 valence electrons. The minimum Gasteiger partial charge on any atom is -0.0831 e. The topological polar surface area (TPSA) is 0 Å². The van der Waals surface area contributed by atoms with Crippen LogP contribution in [0.2, 0.25) is 5.02 Å². The molecule has 1 fully saturated rings. The summed E-state index contributed by atoms with van der Waals surface area (Å²) in [6.45, 7) is 0. The number of rotatable bonds is 1. The van der Waals surface area contributed by atoms with E-state index in [0.29, 0.717) is 0 Å². The lowest BCUT2D eigenvalue weighted by atomic mass is 9.96. The third kappa shape index (κ3) is 1.42. The Kier molecular flexibility index (Phi) is 2.14. The third-order valence-corrected chi connectivity index (χ3v) is 4.69. The van der Waals surface area contributed by atoms with Crippen molar-refractivity contribution in [2.45, 2.75) is 31.6 Å². The summed E-state index contributed by atoms with van der Waals surface area (Å²) in [5, 5.41) is 0.861. The van der Waals surface area contributed by atoms with Crippen molar-refractivity contribution in [2.24, 2.45) is 5.92 Å². The quantitative estimate of drug-likeness (QED) is 0.703. The highest BCUT2D eigenvalue weighted by molar-refractivity contribution is 9.10. The first kappa shape index (κ1) is 9.23. The maximum absolute atomic E-state index is 6.09. The van der Waals surface area contributed by atoms with Gasteiger partial charge in [0.15, 0.2) is 0 Å². The van der Waals surface area contributed by atoms with Crippen molar-refractivity contribution in [3.8, 4) is 0 Å². The van der Waals surface area contributed by atoms with Crippen LogP contribution in [-0.4, -0.2) is 0 Å². The summed E-state index contributed by atoms with van der Waals surface area (Å²) in [4.78, 5) is 0. The van der Waals surface area contributed by atoms with Gasteiger partial charge < -0.3 is 0 Å². The molecule has 1 aromatic carbocycles. The normalized spacial score (nSPS) is 25.1. The summed E-state index contributed by atoms with van der Waals surface area (Å²) in [6, 6.07) is 4.39. The molecule has 0 radical (unpaired) electrons. The van der Waals surface area contributed by atoms with Crippen LogP contribution in [0.15, 0.2) is 16.6 Å². The molecule has 1 atom stereocenters. The van der Waals surface area contributed by atoms with Gasteiger partial charge in [-0.05, 0) is 76.7 Å². The first-order valence-electron chi connectivity index (χ1n) is 5.23. The minimum atomic E-state index is 0.832. The van der Waals surface area contributed by atoms with Gasteiger partial charge in [0.1, 0.15) is 0 Å². The van der Waals surface area contributed by atoms with Crippen LogP contribution in [-0.2, 0) is 6.42 Å². The van der Waals surface area contributed by atoms with Crippen molar-refractivity contribution in [1.82, 2.24) is 0 Å². The first-order chi connectivity index (χ1) is 6.75. The van der Waals surface area contributed by atoms with Gasteiger partial charge >= 0.3 is 0 Å². The van der Waals surface area contributed by atoms with Crippen molar-refractivity contribution in [1.29, 1.82) is 0 Å². The van der Waals surface area contributed by atoms with Crippen molar-refractivity contribution in [3.05, 3.63) is 32.8 Å². The molecule has 14 heavy (non-hydrogen) atoms. The van der Waals surface area contributed by atoms with Crippen LogP contribution in [0, 0.1) is 5.92 Å². The number of hydrogen-bond donors (Lipinski definition) is 0. The highest BCUT2D eigenvalue weighted by Gasteiger charge is 2.36. The Balaban J connectivity index is 2.05. The lowest BCUT2D eigenvalue weighted by molar-refractivity contribution is 0.600. The largest absolute Gasteiger partial charge is 0.0831 e. The van der Waals surface area contributed by atoms with E-state index < -0.39 is 0 Å². The van der Waals surface area contributed by atoms with Gasteiger partial charge in [0.25, 0.3) is 0 Å². The molecule has 0 saturated heterocycles. The number of benzene rings is 1. The van der Waals surface area contributed by atoms with Gasteiger partial charge in [0.2, 0.25) is 0 Å². The lowest BCUT2D eigenvalue weighted by Gasteiger charge is -2.10. The van der Waals surface area contributed by atoms with Crippen molar-refractivity contribution in [2.75, 3.05) is 0 Å². The van der Waals surface area contributed by atoms with Crippen LogP contribution >= 0.6 is 27.5 Å². The fraction of sp³-hybridized carbons (Fsp3) is 0.500. The molecule has 1 saturated carbocycles. The maximum atomic E-state index is 6.09. The maximum Gasteiger partial charge on any atom is 0.0551 e. The highest BCUT2D eigenvalue weighted by Crippen LogP contribution is 2.50. The van der Waals surface area contributed by atoms with E-state index in [2.05, 4.69) is 28.1 Å². The Bertz CT molecular complexity index is 382. The Morgan fingerprint density at radius 2 is 2.00 bits per heavy atom. The molecule has 0 spiro atoms. The summed E-state index contributed by atoms with van der Waals surface area (Å²) in [5.74, 6) is 1.81. The van der Waals surface area contributed by atoms with Crippen LogP contribution in [0.3, 0.4) is 0 Å². The van der Waals surface area contributed by atoms with Gasteiger partial charge in [-0.15, -0.1) is 0 Å². The van der Waals surface area contributed by atoms with E-state index >= 15 is 0 Å². The van der Waals surface area contributed by atoms with E-state index in [9.17, 15) is 0 Å². The van der Waals surface area contributed by atoms with Gasteiger partial charge in [-0.3, -0.25) is 0 Å². The molecule has 0 aliphatic heterocycles. The van der Waals surface area contributed by atoms with E-state index in [1.165, 1.54) is 31.2 Å². The van der Waals surface area contributed by atoms with Crippen molar-refractivity contribution in [3.63, 3.8) is 0 Å². The molecule has 2 heteroatoms. The molecule has 0 amide bonds. The zero-order chi connectivity index (χ0) is 9.71. The van der Waals surface area contributed by atoms with Crippen LogP contribution < -0.4 is 0 Å². The monoisotopic (exact) mass is 270 g/mol. The Morgan fingerprint density at radius 3 is 2.71 bits per heavy atom. The zero-order valence-corrected chi connectivity index (χ0v) is 10.2. The molecule has 1 unspecified atom stereocenters. The minimum absolute atomic E-state index is 0.832. The van der Waals surface area contributed by atoms with E-state index in [-0.39, 0.29) is 0 Å². The Hall–Kier alpha value is -0.0100. The number of halogens is 2. The molecule has 0 N–H and O–H groups in total. The second-order valence-electron chi connectivity index (χ2n) is 4.45. The number of hydrogen-bond acceptors (Lipinski definition) is 0. The number of fused-ring (bicyclic) bond motifs is 1. The lowest BCUT2D eigenvalue weighted by Crippen LogP contribution is -1.95. The van der Waals surface area contributed by atoms with Crippen LogP contribution in [0.4, 0.5) is 0 Å². The molecule has 0 nitrogen and oxygen atoms in total. The van der Waals surface area contributed by atoms with Gasteiger partial charge in [0.05, 0.1) is 5.02 Å². The predicted octanol–water partition coefficient (Wildman–Crippen LogP) is 4.54. The van der Waals surface area contributed by atoms with E-state index in [1.54, 1.807) is 5.56 Å². The molecular weight excluding hydrogens is 259 g/mol. The summed E-state index contributed by atoms with van der Waals surface area (Å²) < 4.78 is 1.06. The summed E-state index contributed by atoms with van der Waals surface area (Å²) >= 11 is 9.60. The molecule has 0 aromatic heterocycles. The van der Waals surface area contributed by atoms with Gasteiger partial charge in [0, 0.05) is 4.47 Å².